The molecule has 3 N–H and O–H groups in total. The normalized spacial score (nSPS) is 15.0. The number of nitrogens with zero attached hydrogens (tertiary/aromatic N) is 3. The number of carbonyl (C=O) groups is 2. The lowest BCUT2D eigenvalue weighted by Gasteiger charge is -2.36. The minimum absolute atomic E-state index is 0.0263. The molecule has 0 aromatic carbocycles. The Hall–Kier alpha value is -2.51. The van der Waals surface area contributed by atoms with Crippen LogP contribution in [0.1, 0.15) is 27.2 Å². The molecular weight excluding hydrogens is 322 g/mol. The number of anilines is 2. The highest BCUT2D eigenvalue weighted by Crippen LogP contribution is 2.22. The van der Waals surface area contributed by atoms with Gasteiger partial charge in [0.05, 0.1) is 17.6 Å². The second-order valence-corrected chi connectivity index (χ2v) is 6.98. The third-order valence-corrected chi connectivity index (χ3v) is 3.81. The smallest absolute Gasteiger partial charge is 0.407 e. The fourth-order valence-electron chi connectivity index (χ4n) is 2.63. The molecule has 2 rings (SSSR count). The number of aromatic nitrogens is 1. The summed E-state index contributed by atoms with van der Waals surface area (Å²) in [6.07, 6.45) is 3.11. The number of rotatable bonds is 4. The van der Waals surface area contributed by atoms with Crippen LogP contribution < -0.4 is 16.0 Å². The van der Waals surface area contributed by atoms with E-state index in [1.165, 1.54) is 0 Å². The van der Waals surface area contributed by atoms with E-state index in [-0.39, 0.29) is 18.9 Å². The predicted molar refractivity (Wildman–Crippen MR) is 96.3 cm³/mol. The fourth-order valence-corrected chi connectivity index (χ4v) is 2.63. The Morgan fingerprint density at radius 1 is 1.28 bits per heavy atom. The predicted octanol–water partition coefficient (Wildman–Crippen LogP) is 1.23. The molecule has 0 unspecified atom stereocenters. The molecule has 0 radical (unpaired) electrons. The lowest BCUT2D eigenvalue weighted by molar-refractivity contribution is -0.131. The zero-order valence-corrected chi connectivity index (χ0v) is 15.1. The Labute approximate surface area is 148 Å². The number of alkyl carbamates (subject to hydrolysis) is 1. The van der Waals surface area contributed by atoms with Gasteiger partial charge in [-0.05, 0) is 26.8 Å². The topological polar surface area (TPSA) is 101 Å². The van der Waals surface area contributed by atoms with Gasteiger partial charge in [0.2, 0.25) is 5.91 Å². The van der Waals surface area contributed by atoms with Crippen LogP contribution in [-0.4, -0.2) is 60.2 Å². The first kappa shape index (κ1) is 18.8. The van der Waals surface area contributed by atoms with E-state index in [1.54, 1.807) is 33.2 Å². The van der Waals surface area contributed by atoms with Gasteiger partial charge in [0, 0.05) is 45.3 Å². The molecular formula is C17H27N5O3. The van der Waals surface area contributed by atoms with Gasteiger partial charge in [-0.1, -0.05) is 0 Å². The van der Waals surface area contributed by atoms with Crippen LogP contribution in [0.25, 0.3) is 0 Å². The van der Waals surface area contributed by atoms with Crippen molar-refractivity contribution >= 4 is 23.4 Å². The summed E-state index contributed by atoms with van der Waals surface area (Å²) >= 11 is 0. The number of amides is 2. The van der Waals surface area contributed by atoms with E-state index in [9.17, 15) is 9.59 Å². The summed E-state index contributed by atoms with van der Waals surface area (Å²) in [6.45, 7) is 8.37. The molecule has 1 aliphatic heterocycles. The first-order chi connectivity index (χ1) is 11.8. The maximum atomic E-state index is 12.3. The van der Waals surface area contributed by atoms with Crippen molar-refractivity contribution in [1.29, 1.82) is 0 Å². The minimum atomic E-state index is -0.542. The maximum absolute atomic E-state index is 12.3. The Morgan fingerprint density at radius 3 is 2.56 bits per heavy atom. The summed E-state index contributed by atoms with van der Waals surface area (Å²) in [5.41, 5.74) is 7.00. The summed E-state index contributed by atoms with van der Waals surface area (Å²) in [6, 6.07) is 1.89. The van der Waals surface area contributed by atoms with Gasteiger partial charge >= 0.3 is 6.09 Å². The largest absolute Gasteiger partial charge is 0.444 e. The zero-order valence-electron chi connectivity index (χ0n) is 15.1. The second-order valence-electron chi connectivity index (χ2n) is 6.98. The van der Waals surface area contributed by atoms with Crippen molar-refractivity contribution in [3.63, 3.8) is 0 Å². The van der Waals surface area contributed by atoms with Gasteiger partial charge in [-0.25, -0.2) is 4.79 Å². The highest BCUT2D eigenvalue weighted by Gasteiger charge is 2.22. The maximum Gasteiger partial charge on any atom is 0.407 e. The summed E-state index contributed by atoms with van der Waals surface area (Å²) in [7, 11) is 0. The SMILES string of the molecule is CC(C)(C)OC(=O)NCCC(=O)N1CCN(c2ccncc2N)CC1. The average molecular weight is 349 g/mol. The minimum Gasteiger partial charge on any atom is -0.444 e. The lowest BCUT2D eigenvalue weighted by atomic mass is 10.2. The third kappa shape index (κ3) is 5.81. The number of hydrogen-bond acceptors (Lipinski definition) is 6. The van der Waals surface area contributed by atoms with Gasteiger partial charge in [-0.15, -0.1) is 0 Å². The van der Waals surface area contributed by atoms with Crippen molar-refractivity contribution in [2.24, 2.45) is 0 Å². The van der Waals surface area contributed by atoms with Crippen molar-refractivity contribution in [2.45, 2.75) is 32.8 Å². The molecule has 8 nitrogen and oxygen atoms in total. The van der Waals surface area contributed by atoms with E-state index in [1.807, 2.05) is 11.0 Å². The third-order valence-electron chi connectivity index (χ3n) is 3.81. The summed E-state index contributed by atoms with van der Waals surface area (Å²) < 4.78 is 5.14. The van der Waals surface area contributed by atoms with Crippen molar-refractivity contribution < 1.29 is 14.3 Å². The molecule has 0 saturated carbocycles. The van der Waals surface area contributed by atoms with Crippen molar-refractivity contribution in [3.8, 4) is 0 Å². The van der Waals surface area contributed by atoms with Crippen LogP contribution in [0.4, 0.5) is 16.2 Å². The summed E-state index contributed by atoms with van der Waals surface area (Å²) in [5, 5.41) is 2.61. The quantitative estimate of drug-likeness (QED) is 0.848. The molecule has 1 aromatic rings. The fraction of sp³-hybridized carbons (Fsp3) is 0.588. The average Bonchev–Trinajstić information content (AvgIpc) is 2.54. The Morgan fingerprint density at radius 2 is 1.96 bits per heavy atom. The molecule has 0 bridgehead atoms. The molecule has 0 aliphatic carbocycles. The summed E-state index contributed by atoms with van der Waals surface area (Å²) in [4.78, 5) is 31.8. The molecule has 1 aliphatic rings. The number of pyridine rings is 1. The van der Waals surface area contributed by atoms with E-state index in [2.05, 4.69) is 15.2 Å². The molecule has 138 valence electrons. The summed E-state index contributed by atoms with van der Waals surface area (Å²) in [5.74, 6) is 0.0263. The van der Waals surface area contributed by atoms with E-state index in [0.717, 1.165) is 18.8 Å². The number of nitrogens with one attached hydrogen (secondary N) is 1. The molecule has 0 atom stereocenters. The van der Waals surface area contributed by atoms with Crippen LogP contribution in [0.5, 0.6) is 0 Å². The number of piperazine rings is 1. The molecule has 8 heteroatoms. The van der Waals surface area contributed by atoms with Gasteiger partial charge in [-0.3, -0.25) is 9.78 Å². The van der Waals surface area contributed by atoms with Crippen LogP contribution >= 0.6 is 0 Å². The highest BCUT2D eigenvalue weighted by molar-refractivity contribution is 5.78. The highest BCUT2D eigenvalue weighted by atomic mass is 16.6. The van der Waals surface area contributed by atoms with Crippen molar-refractivity contribution in [2.75, 3.05) is 43.4 Å². The van der Waals surface area contributed by atoms with E-state index in [0.29, 0.717) is 18.8 Å². The van der Waals surface area contributed by atoms with E-state index in [4.69, 9.17) is 10.5 Å². The van der Waals surface area contributed by atoms with Crippen LogP contribution in [-0.2, 0) is 9.53 Å². The van der Waals surface area contributed by atoms with Crippen molar-refractivity contribution in [3.05, 3.63) is 18.5 Å². The standard InChI is InChI=1S/C17H27N5O3/c1-17(2,3)25-16(24)20-7-5-15(23)22-10-8-21(9-11-22)14-4-6-19-12-13(14)18/h4,6,12H,5,7-11,18H2,1-3H3,(H,20,24). The lowest BCUT2D eigenvalue weighted by Crippen LogP contribution is -2.49. The van der Waals surface area contributed by atoms with Crippen LogP contribution in [0.3, 0.4) is 0 Å². The first-order valence-electron chi connectivity index (χ1n) is 8.45. The van der Waals surface area contributed by atoms with E-state index < -0.39 is 11.7 Å². The Kier molecular flexibility index (Phi) is 6.06. The van der Waals surface area contributed by atoms with Crippen LogP contribution in [0, 0.1) is 0 Å². The number of nitrogens with two attached hydrogens (primary N) is 1. The Bertz CT molecular complexity index is 607. The molecule has 1 saturated heterocycles. The van der Waals surface area contributed by atoms with Gasteiger partial charge in [0.1, 0.15) is 5.60 Å². The molecule has 2 heterocycles. The molecule has 25 heavy (non-hydrogen) atoms. The monoisotopic (exact) mass is 349 g/mol. The van der Waals surface area contributed by atoms with Crippen LogP contribution in [0.2, 0.25) is 0 Å². The molecule has 2 amide bonds. The number of ether oxygens (including phenoxy) is 1. The van der Waals surface area contributed by atoms with Crippen molar-refractivity contribution in [1.82, 2.24) is 15.2 Å². The first-order valence-corrected chi connectivity index (χ1v) is 8.45. The molecule has 0 spiro atoms. The number of carbonyl (C=O) groups excluding carboxylic acids is 2. The number of hydrogen-bond donors (Lipinski definition) is 2. The zero-order chi connectivity index (χ0) is 18.4. The Balaban J connectivity index is 1.73. The van der Waals surface area contributed by atoms with Gasteiger partial charge in [0.15, 0.2) is 0 Å². The van der Waals surface area contributed by atoms with Gasteiger partial charge in [-0.2, -0.15) is 0 Å². The van der Waals surface area contributed by atoms with Gasteiger partial charge in [0.25, 0.3) is 0 Å². The molecule has 1 aromatic heterocycles. The molecule has 1 fully saturated rings. The van der Waals surface area contributed by atoms with E-state index >= 15 is 0 Å². The van der Waals surface area contributed by atoms with Crippen LogP contribution in [0.15, 0.2) is 18.5 Å². The van der Waals surface area contributed by atoms with Gasteiger partial charge < -0.3 is 25.6 Å². The second kappa shape index (κ2) is 8.04. The number of nitrogen functional groups attached to an aromatic ring is 1.